The number of hydrogen-bond acceptors (Lipinski definition) is 7. The van der Waals surface area contributed by atoms with E-state index in [2.05, 4.69) is 5.32 Å². The highest BCUT2D eigenvalue weighted by Gasteiger charge is 2.34. The predicted molar refractivity (Wildman–Crippen MR) is 171 cm³/mol. The first-order valence-corrected chi connectivity index (χ1v) is 16.2. The molecule has 0 radical (unpaired) electrons. The van der Waals surface area contributed by atoms with Crippen molar-refractivity contribution in [3.8, 4) is 17.2 Å². The van der Waals surface area contributed by atoms with Gasteiger partial charge in [-0.1, -0.05) is 36.2 Å². The number of nitrogens with zero attached hydrogens (tertiary/aromatic N) is 2. The summed E-state index contributed by atoms with van der Waals surface area (Å²) in [6.07, 6.45) is 0.282. The number of rotatable bonds is 15. The lowest BCUT2D eigenvalue weighted by atomic mass is 10.1. The fraction of sp³-hybridized carbons (Fsp3) is 0.355. The third-order valence-corrected chi connectivity index (χ3v) is 9.24. The van der Waals surface area contributed by atoms with E-state index in [1.807, 2.05) is 6.92 Å². The summed E-state index contributed by atoms with van der Waals surface area (Å²) in [5.41, 5.74) is 0.836. The Balaban J connectivity index is 2.12. The predicted octanol–water partition coefficient (Wildman–Crippen LogP) is 5.55. The lowest BCUT2D eigenvalue weighted by Crippen LogP contribution is -2.52. The molecule has 0 heterocycles. The Morgan fingerprint density at radius 3 is 2.14 bits per heavy atom. The van der Waals surface area contributed by atoms with Gasteiger partial charge in [-0.25, -0.2) is 8.42 Å². The van der Waals surface area contributed by atoms with E-state index in [-0.39, 0.29) is 40.2 Å². The third kappa shape index (κ3) is 8.28. The number of benzene rings is 3. The average Bonchev–Trinajstić information content (AvgIpc) is 3.01. The second-order valence-electron chi connectivity index (χ2n) is 9.54. The lowest BCUT2D eigenvalue weighted by molar-refractivity contribution is -0.140. The summed E-state index contributed by atoms with van der Waals surface area (Å²) in [5, 5.41) is 3.40. The highest BCUT2D eigenvalue weighted by atomic mass is 35.5. The number of ether oxygens (including phenoxy) is 3. The first-order valence-electron chi connectivity index (χ1n) is 14.0. The molecule has 2 amide bonds. The SMILES string of the molecule is CCNC(=O)[C@H](CC)N(Cc1ccc(Cl)c(Cl)c1)C(=O)CN(c1ccc(OCC)cc1)S(=O)(=O)c1ccc(OC)c(OC)c1. The number of methoxy groups -OCH3 is 2. The first kappa shape index (κ1) is 34.8. The van der Waals surface area contributed by atoms with Gasteiger partial charge in [0.05, 0.1) is 41.5 Å². The van der Waals surface area contributed by atoms with Crippen molar-refractivity contribution < 1.29 is 32.2 Å². The summed E-state index contributed by atoms with van der Waals surface area (Å²) in [5.74, 6) is 0.117. The van der Waals surface area contributed by atoms with E-state index in [0.717, 1.165) is 4.31 Å². The maximum atomic E-state index is 14.2. The minimum absolute atomic E-state index is 0.0150. The molecule has 0 unspecified atom stereocenters. The van der Waals surface area contributed by atoms with Crippen LogP contribution in [0.4, 0.5) is 5.69 Å². The summed E-state index contributed by atoms with van der Waals surface area (Å²) < 4.78 is 45.5. The molecule has 3 rings (SSSR count). The van der Waals surface area contributed by atoms with Crippen LogP contribution in [0.3, 0.4) is 0 Å². The van der Waals surface area contributed by atoms with Gasteiger partial charge in [0, 0.05) is 19.2 Å². The van der Waals surface area contributed by atoms with E-state index in [9.17, 15) is 18.0 Å². The molecule has 0 bridgehead atoms. The van der Waals surface area contributed by atoms with Crippen molar-refractivity contribution >= 4 is 50.7 Å². The molecule has 0 aliphatic carbocycles. The summed E-state index contributed by atoms with van der Waals surface area (Å²) >= 11 is 12.3. The smallest absolute Gasteiger partial charge is 0.264 e. The van der Waals surface area contributed by atoms with Crippen LogP contribution in [0.2, 0.25) is 10.0 Å². The first-order chi connectivity index (χ1) is 21.0. The van der Waals surface area contributed by atoms with Gasteiger partial charge in [0.1, 0.15) is 18.3 Å². The van der Waals surface area contributed by atoms with Crippen molar-refractivity contribution in [1.29, 1.82) is 0 Å². The molecule has 0 aromatic heterocycles. The molecule has 3 aromatic carbocycles. The van der Waals surface area contributed by atoms with Crippen molar-refractivity contribution in [2.75, 3.05) is 38.2 Å². The molecule has 1 atom stereocenters. The Morgan fingerprint density at radius 1 is 0.886 bits per heavy atom. The molecule has 0 aliphatic rings. The monoisotopic (exact) mass is 665 g/mol. The Bertz CT molecular complexity index is 1550. The van der Waals surface area contributed by atoms with E-state index in [1.165, 1.54) is 37.3 Å². The second-order valence-corrected chi connectivity index (χ2v) is 12.2. The summed E-state index contributed by atoms with van der Waals surface area (Å²) in [7, 11) is -1.50. The van der Waals surface area contributed by atoms with Gasteiger partial charge in [0.2, 0.25) is 11.8 Å². The van der Waals surface area contributed by atoms with Gasteiger partial charge in [0.15, 0.2) is 11.5 Å². The van der Waals surface area contributed by atoms with Gasteiger partial charge in [-0.3, -0.25) is 13.9 Å². The molecule has 1 N–H and O–H groups in total. The van der Waals surface area contributed by atoms with E-state index in [0.29, 0.717) is 35.2 Å². The van der Waals surface area contributed by atoms with Gasteiger partial charge in [-0.05, 0) is 74.4 Å². The Labute approximate surface area is 268 Å². The molecule has 0 fully saturated rings. The Kier molecular flexibility index (Phi) is 12.6. The van der Waals surface area contributed by atoms with Crippen molar-refractivity contribution in [2.45, 2.75) is 44.7 Å². The molecule has 0 spiro atoms. The van der Waals surface area contributed by atoms with Gasteiger partial charge in [-0.2, -0.15) is 0 Å². The van der Waals surface area contributed by atoms with Crippen LogP contribution in [0.15, 0.2) is 65.6 Å². The van der Waals surface area contributed by atoms with Crippen LogP contribution in [-0.2, 0) is 26.2 Å². The molecule has 0 aliphatic heterocycles. The largest absolute Gasteiger partial charge is 0.494 e. The van der Waals surface area contributed by atoms with Crippen LogP contribution >= 0.6 is 23.2 Å². The Hall–Kier alpha value is -3.67. The molecule has 238 valence electrons. The molecule has 0 saturated carbocycles. The number of nitrogens with one attached hydrogen (secondary N) is 1. The van der Waals surface area contributed by atoms with Gasteiger partial charge >= 0.3 is 0 Å². The van der Waals surface area contributed by atoms with Gasteiger partial charge in [0.25, 0.3) is 10.0 Å². The van der Waals surface area contributed by atoms with Crippen LogP contribution in [0, 0.1) is 0 Å². The fourth-order valence-corrected chi connectivity index (χ4v) is 6.31. The summed E-state index contributed by atoms with van der Waals surface area (Å²) in [6, 6.07) is 14.6. The molecule has 0 saturated heterocycles. The number of likely N-dealkylation sites (N-methyl/N-ethyl adjacent to an activating group) is 1. The topological polar surface area (TPSA) is 114 Å². The highest BCUT2D eigenvalue weighted by Crippen LogP contribution is 2.33. The minimum Gasteiger partial charge on any atom is -0.494 e. The molecule has 13 heteroatoms. The number of hydrogen-bond donors (Lipinski definition) is 1. The minimum atomic E-state index is -4.34. The lowest BCUT2D eigenvalue weighted by Gasteiger charge is -2.33. The van der Waals surface area contributed by atoms with Crippen molar-refractivity contribution in [1.82, 2.24) is 10.2 Å². The second kappa shape index (κ2) is 15.9. The quantitative estimate of drug-likeness (QED) is 0.226. The zero-order valence-corrected chi connectivity index (χ0v) is 27.6. The zero-order chi connectivity index (χ0) is 32.4. The maximum Gasteiger partial charge on any atom is 0.264 e. The van der Waals surface area contributed by atoms with E-state index >= 15 is 0 Å². The molecular weight excluding hydrogens is 629 g/mol. The van der Waals surface area contributed by atoms with E-state index in [1.54, 1.807) is 56.3 Å². The summed E-state index contributed by atoms with van der Waals surface area (Å²) in [6.45, 7) is 5.55. The van der Waals surface area contributed by atoms with Crippen molar-refractivity contribution in [2.24, 2.45) is 0 Å². The van der Waals surface area contributed by atoms with Crippen LogP contribution in [0.1, 0.15) is 32.8 Å². The number of carbonyl (C=O) groups excluding carboxylic acids is 2. The van der Waals surface area contributed by atoms with Crippen LogP contribution in [-0.4, -0.2) is 65.1 Å². The van der Waals surface area contributed by atoms with Crippen LogP contribution < -0.4 is 23.8 Å². The highest BCUT2D eigenvalue weighted by molar-refractivity contribution is 7.92. The molecule has 44 heavy (non-hydrogen) atoms. The van der Waals surface area contributed by atoms with Crippen molar-refractivity contribution in [3.05, 3.63) is 76.3 Å². The Morgan fingerprint density at radius 2 is 1.57 bits per heavy atom. The van der Waals surface area contributed by atoms with E-state index < -0.39 is 28.5 Å². The number of sulfonamides is 1. The third-order valence-electron chi connectivity index (χ3n) is 6.73. The van der Waals surface area contributed by atoms with Gasteiger partial charge < -0.3 is 24.4 Å². The van der Waals surface area contributed by atoms with Crippen LogP contribution in [0.5, 0.6) is 17.2 Å². The van der Waals surface area contributed by atoms with E-state index in [4.69, 9.17) is 37.4 Å². The standard InChI is InChI=1S/C31H37Cl2N3O7S/c1-6-27(31(38)34-7-2)35(19-21-9-15-25(32)26(33)17-21)30(37)20-36(22-10-12-23(13-11-22)43-8-3)44(39,40)24-14-16-28(41-4)29(18-24)42-5/h9-18,27H,6-8,19-20H2,1-5H3,(H,34,38)/t27-/m0/s1. The summed E-state index contributed by atoms with van der Waals surface area (Å²) in [4.78, 5) is 28.5. The number of halogens is 2. The molecule has 10 nitrogen and oxygen atoms in total. The molecular formula is C31H37Cl2N3O7S. The van der Waals surface area contributed by atoms with Crippen molar-refractivity contribution in [3.63, 3.8) is 0 Å². The normalized spacial score (nSPS) is 11.8. The average molecular weight is 667 g/mol. The number of amides is 2. The zero-order valence-electron chi connectivity index (χ0n) is 25.3. The number of anilines is 1. The maximum absolute atomic E-state index is 14.2. The van der Waals surface area contributed by atoms with Crippen LogP contribution in [0.25, 0.3) is 0 Å². The molecule has 3 aromatic rings. The fourth-order valence-electron chi connectivity index (χ4n) is 4.55. The van der Waals surface area contributed by atoms with Gasteiger partial charge in [-0.15, -0.1) is 0 Å². The number of carbonyl (C=O) groups is 2.